The number of amides is 1. The van der Waals surface area contributed by atoms with Crippen molar-refractivity contribution < 1.29 is 9.53 Å². The maximum absolute atomic E-state index is 12.6. The molecule has 5 heteroatoms. The average Bonchev–Trinajstić information content (AvgIpc) is 2.55. The van der Waals surface area contributed by atoms with Crippen molar-refractivity contribution in [3.63, 3.8) is 0 Å². The van der Waals surface area contributed by atoms with Gasteiger partial charge in [-0.1, -0.05) is 6.07 Å². The Morgan fingerprint density at radius 3 is 2.91 bits per heavy atom. The van der Waals surface area contributed by atoms with Gasteiger partial charge in [-0.15, -0.1) is 12.4 Å². The largest absolute Gasteiger partial charge is 0.385 e. The number of rotatable bonds is 3. The van der Waals surface area contributed by atoms with Crippen LogP contribution in [0.4, 0.5) is 5.69 Å². The summed E-state index contributed by atoms with van der Waals surface area (Å²) in [5.41, 5.74) is 3.12. The van der Waals surface area contributed by atoms with Gasteiger partial charge in [0.25, 0.3) is 5.91 Å². The van der Waals surface area contributed by atoms with Crippen LogP contribution < -0.4 is 10.6 Å². The lowest BCUT2D eigenvalue weighted by Gasteiger charge is -2.29. The molecule has 4 nitrogen and oxygen atoms in total. The van der Waals surface area contributed by atoms with E-state index in [0.29, 0.717) is 5.92 Å². The molecule has 122 valence electrons. The number of ether oxygens (including phenoxy) is 1. The van der Waals surface area contributed by atoms with Crippen LogP contribution in [0.25, 0.3) is 0 Å². The molecular weight excluding hydrogens is 300 g/mol. The SMILES string of the molecule is CC(NC(=O)c1cccc2c1CCCN2)C1CCOCC1.Cl. The predicted octanol–water partition coefficient (Wildman–Crippen LogP) is 3.01. The van der Waals surface area contributed by atoms with Crippen LogP contribution in [0.2, 0.25) is 0 Å². The molecule has 1 aromatic carbocycles. The van der Waals surface area contributed by atoms with Crippen LogP contribution in [0.1, 0.15) is 42.1 Å². The molecule has 22 heavy (non-hydrogen) atoms. The minimum absolute atomic E-state index is 0. The fourth-order valence-electron chi connectivity index (χ4n) is 3.34. The Bertz CT molecular complexity index is 515. The van der Waals surface area contributed by atoms with E-state index in [1.54, 1.807) is 0 Å². The van der Waals surface area contributed by atoms with Gasteiger partial charge in [0.1, 0.15) is 0 Å². The van der Waals surface area contributed by atoms with Crippen LogP contribution in [0, 0.1) is 5.92 Å². The fourth-order valence-corrected chi connectivity index (χ4v) is 3.34. The normalized spacial score (nSPS) is 19.3. The lowest BCUT2D eigenvalue weighted by molar-refractivity contribution is 0.0538. The van der Waals surface area contributed by atoms with Gasteiger partial charge < -0.3 is 15.4 Å². The molecule has 0 radical (unpaired) electrons. The number of halogens is 1. The first-order valence-corrected chi connectivity index (χ1v) is 8.00. The van der Waals surface area contributed by atoms with Gasteiger partial charge in [0.15, 0.2) is 0 Å². The molecule has 2 aliphatic rings. The Labute approximate surface area is 138 Å². The average molecular weight is 325 g/mol. The summed E-state index contributed by atoms with van der Waals surface area (Å²) in [6.45, 7) is 4.74. The van der Waals surface area contributed by atoms with Gasteiger partial charge >= 0.3 is 0 Å². The molecular formula is C17H25ClN2O2. The van der Waals surface area contributed by atoms with Gasteiger partial charge in [0.2, 0.25) is 0 Å². The molecule has 1 aromatic rings. The Morgan fingerprint density at radius 2 is 2.14 bits per heavy atom. The first-order chi connectivity index (χ1) is 10.3. The van der Waals surface area contributed by atoms with E-state index in [4.69, 9.17) is 4.74 Å². The molecule has 1 fully saturated rings. The Kier molecular flexibility index (Phi) is 6.09. The summed E-state index contributed by atoms with van der Waals surface area (Å²) in [6.07, 6.45) is 4.15. The molecule has 2 N–H and O–H groups in total. The van der Waals surface area contributed by atoms with Gasteiger partial charge in [-0.05, 0) is 56.2 Å². The van der Waals surface area contributed by atoms with Crippen molar-refractivity contribution in [2.24, 2.45) is 5.92 Å². The summed E-state index contributed by atoms with van der Waals surface area (Å²) in [6, 6.07) is 6.17. The molecule has 0 saturated carbocycles. The number of hydrogen-bond donors (Lipinski definition) is 2. The lowest BCUT2D eigenvalue weighted by Crippen LogP contribution is -2.40. The zero-order valence-electron chi connectivity index (χ0n) is 13.1. The van der Waals surface area contributed by atoms with E-state index in [9.17, 15) is 4.79 Å². The molecule has 0 spiro atoms. The summed E-state index contributed by atoms with van der Waals surface area (Å²) in [5, 5.41) is 6.57. The number of carbonyl (C=O) groups is 1. The van der Waals surface area contributed by atoms with Gasteiger partial charge in [-0.25, -0.2) is 0 Å². The quantitative estimate of drug-likeness (QED) is 0.898. The van der Waals surface area contributed by atoms with Crippen molar-refractivity contribution in [1.82, 2.24) is 5.32 Å². The van der Waals surface area contributed by atoms with E-state index in [1.165, 1.54) is 5.56 Å². The van der Waals surface area contributed by atoms with Crippen molar-refractivity contribution in [3.8, 4) is 0 Å². The Morgan fingerprint density at radius 1 is 1.36 bits per heavy atom. The third-order valence-electron chi connectivity index (χ3n) is 4.67. The molecule has 2 aliphatic heterocycles. The molecule has 2 heterocycles. The standard InChI is InChI=1S/C17H24N2O2.ClH/c1-12(13-7-10-21-11-8-13)19-17(20)15-4-2-6-16-14(15)5-3-9-18-16;/h2,4,6,12-13,18H,3,5,7-11H2,1H3,(H,19,20);1H. The van der Waals surface area contributed by atoms with Crippen LogP contribution in [-0.4, -0.2) is 31.7 Å². The molecule has 3 rings (SSSR count). The third kappa shape index (κ3) is 3.73. The lowest BCUT2D eigenvalue weighted by atomic mass is 9.92. The number of fused-ring (bicyclic) bond motifs is 1. The highest BCUT2D eigenvalue weighted by Gasteiger charge is 2.24. The minimum Gasteiger partial charge on any atom is -0.385 e. The molecule has 1 saturated heterocycles. The van der Waals surface area contributed by atoms with Crippen LogP contribution >= 0.6 is 12.4 Å². The summed E-state index contributed by atoms with van der Waals surface area (Å²) >= 11 is 0. The van der Waals surface area contributed by atoms with E-state index >= 15 is 0 Å². The van der Waals surface area contributed by atoms with Crippen molar-refractivity contribution in [2.45, 2.75) is 38.6 Å². The zero-order chi connectivity index (χ0) is 14.7. The molecule has 0 bridgehead atoms. The first-order valence-electron chi connectivity index (χ1n) is 8.00. The number of anilines is 1. The Hall–Kier alpha value is -1.26. The van der Waals surface area contributed by atoms with Crippen LogP contribution in [0.3, 0.4) is 0 Å². The number of hydrogen-bond acceptors (Lipinski definition) is 3. The molecule has 1 amide bonds. The summed E-state index contributed by atoms with van der Waals surface area (Å²) in [7, 11) is 0. The maximum Gasteiger partial charge on any atom is 0.251 e. The second-order valence-corrected chi connectivity index (χ2v) is 6.07. The predicted molar refractivity (Wildman–Crippen MR) is 91.0 cm³/mol. The number of carbonyl (C=O) groups excluding carboxylic acids is 1. The van der Waals surface area contributed by atoms with Crippen molar-refractivity contribution in [2.75, 3.05) is 25.1 Å². The van der Waals surface area contributed by atoms with Gasteiger partial charge in [0.05, 0.1) is 0 Å². The maximum atomic E-state index is 12.6. The van der Waals surface area contributed by atoms with Gasteiger partial charge in [-0.2, -0.15) is 0 Å². The van der Waals surface area contributed by atoms with E-state index < -0.39 is 0 Å². The van der Waals surface area contributed by atoms with E-state index in [1.807, 2.05) is 12.1 Å². The molecule has 1 atom stereocenters. The van der Waals surface area contributed by atoms with E-state index in [0.717, 1.165) is 56.7 Å². The van der Waals surface area contributed by atoms with Crippen LogP contribution in [0.5, 0.6) is 0 Å². The number of benzene rings is 1. The fraction of sp³-hybridized carbons (Fsp3) is 0.588. The van der Waals surface area contributed by atoms with E-state index in [2.05, 4.69) is 23.6 Å². The van der Waals surface area contributed by atoms with Crippen molar-refractivity contribution >= 4 is 24.0 Å². The zero-order valence-corrected chi connectivity index (χ0v) is 13.9. The molecule has 1 unspecified atom stereocenters. The van der Waals surface area contributed by atoms with Crippen LogP contribution in [-0.2, 0) is 11.2 Å². The molecule has 0 aromatic heterocycles. The second-order valence-electron chi connectivity index (χ2n) is 6.07. The highest BCUT2D eigenvalue weighted by molar-refractivity contribution is 5.97. The summed E-state index contributed by atoms with van der Waals surface area (Å²) in [4.78, 5) is 12.6. The second kappa shape index (κ2) is 7.84. The van der Waals surface area contributed by atoms with Crippen molar-refractivity contribution in [1.29, 1.82) is 0 Å². The minimum atomic E-state index is 0. The number of nitrogens with one attached hydrogen (secondary N) is 2. The first kappa shape index (κ1) is 17.1. The monoisotopic (exact) mass is 324 g/mol. The highest BCUT2D eigenvalue weighted by atomic mass is 35.5. The highest BCUT2D eigenvalue weighted by Crippen LogP contribution is 2.26. The van der Waals surface area contributed by atoms with E-state index in [-0.39, 0.29) is 24.4 Å². The Balaban J connectivity index is 0.00000176. The smallest absolute Gasteiger partial charge is 0.251 e. The molecule has 0 aliphatic carbocycles. The van der Waals surface area contributed by atoms with Crippen molar-refractivity contribution in [3.05, 3.63) is 29.3 Å². The third-order valence-corrected chi connectivity index (χ3v) is 4.67. The van der Waals surface area contributed by atoms with Gasteiger partial charge in [-0.3, -0.25) is 4.79 Å². The topological polar surface area (TPSA) is 50.4 Å². The van der Waals surface area contributed by atoms with Gasteiger partial charge in [0, 0.05) is 37.1 Å². The van der Waals surface area contributed by atoms with Crippen LogP contribution in [0.15, 0.2) is 18.2 Å². The summed E-state index contributed by atoms with van der Waals surface area (Å²) in [5.74, 6) is 0.593. The summed E-state index contributed by atoms with van der Waals surface area (Å²) < 4.78 is 5.39.